The van der Waals surface area contributed by atoms with Crippen molar-refractivity contribution >= 4 is 6.03 Å². The van der Waals surface area contributed by atoms with Gasteiger partial charge in [0, 0.05) is 6.54 Å². The number of carbonyl (C=O) groups excluding carboxylic acids is 1. The Morgan fingerprint density at radius 3 is 2.72 bits per heavy atom. The SMILES string of the molecule is CCCCNC(=O)NCCOc1ccccc1F. The Balaban J connectivity index is 2.12. The summed E-state index contributed by atoms with van der Waals surface area (Å²) in [4.78, 5) is 11.2. The lowest BCUT2D eigenvalue weighted by Crippen LogP contribution is -2.38. The molecule has 0 unspecified atom stereocenters. The maximum absolute atomic E-state index is 13.2. The molecule has 0 aliphatic carbocycles. The first-order valence-electron chi connectivity index (χ1n) is 6.13. The third-order valence-electron chi connectivity index (χ3n) is 2.30. The van der Waals surface area contributed by atoms with Crippen molar-refractivity contribution in [2.75, 3.05) is 19.7 Å². The van der Waals surface area contributed by atoms with Crippen LogP contribution in [0.1, 0.15) is 19.8 Å². The van der Waals surface area contributed by atoms with Crippen LogP contribution in [0.5, 0.6) is 5.75 Å². The number of benzene rings is 1. The number of ether oxygens (including phenoxy) is 1. The molecule has 0 aromatic heterocycles. The van der Waals surface area contributed by atoms with E-state index in [4.69, 9.17) is 4.74 Å². The summed E-state index contributed by atoms with van der Waals surface area (Å²) in [5.41, 5.74) is 0. The van der Waals surface area contributed by atoms with Crippen molar-refractivity contribution in [2.45, 2.75) is 19.8 Å². The molecular weight excluding hydrogens is 235 g/mol. The third-order valence-corrected chi connectivity index (χ3v) is 2.30. The molecular formula is C13H19FN2O2. The van der Waals surface area contributed by atoms with E-state index in [1.54, 1.807) is 18.2 Å². The molecule has 0 aliphatic rings. The van der Waals surface area contributed by atoms with Gasteiger partial charge in [-0.3, -0.25) is 0 Å². The van der Waals surface area contributed by atoms with Gasteiger partial charge in [-0.1, -0.05) is 25.5 Å². The van der Waals surface area contributed by atoms with Gasteiger partial charge in [-0.2, -0.15) is 0 Å². The standard InChI is InChI=1S/C13H19FN2O2/c1-2-3-8-15-13(17)16-9-10-18-12-7-5-4-6-11(12)14/h4-7H,2-3,8-10H2,1H3,(H2,15,16,17). The number of nitrogens with one attached hydrogen (secondary N) is 2. The molecule has 0 aliphatic heterocycles. The van der Waals surface area contributed by atoms with Crippen molar-refractivity contribution in [1.82, 2.24) is 10.6 Å². The molecule has 0 saturated carbocycles. The van der Waals surface area contributed by atoms with Crippen molar-refractivity contribution in [3.8, 4) is 5.75 Å². The van der Waals surface area contributed by atoms with Gasteiger partial charge in [-0.15, -0.1) is 0 Å². The zero-order valence-electron chi connectivity index (χ0n) is 10.5. The van der Waals surface area contributed by atoms with Gasteiger partial charge in [0.2, 0.25) is 0 Å². The zero-order valence-corrected chi connectivity index (χ0v) is 10.5. The second kappa shape index (κ2) is 8.33. The first kappa shape index (κ1) is 14.3. The Bertz CT molecular complexity index is 372. The Hall–Kier alpha value is -1.78. The lowest BCUT2D eigenvalue weighted by Gasteiger charge is -2.09. The van der Waals surface area contributed by atoms with Crippen molar-refractivity contribution in [3.63, 3.8) is 0 Å². The quantitative estimate of drug-likeness (QED) is 0.734. The highest BCUT2D eigenvalue weighted by atomic mass is 19.1. The normalized spacial score (nSPS) is 9.89. The second-order valence-electron chi connectivity index (χ2n) is 3.82. The Kier molecular flexibility index (Phi) is 6.61. The first-order chi connectivity index (χ1) is 8.74. The van der Waals surface area contributed by atoms with Gasteiger partial charge in [0.25, 0.3) is 0 Å². The molecule has 0 fully saturated rings. The van der Waals surface area contributed by atoms with E-state index in [2.05, 4.69) is 17.6 Å². The summed E-state index contributed by atoms with van der Waals surface area (Å²) in [6.07, 6.45) is 2.00. The number of halogens is 1. The number of carbonyl (C=O) groups is 1. The van der Waals surface area contributed by atoms with E-state index in [1.807, 2.05) is 0 Å². The topological polar surface area (TPSA) is 50.4 Å². The molecule has 1 aromatic carbocycles. The predicted molar refractivity (Wildman–Crippen MR) is 68.2 cm³/mol. The van der Waals surface area contributed by atoms with Crippen LogP contribution in [0.4, 0.5) is 9.18 Å². The summed E-state index contributed by atoms with van der Waals surface area (Å²) in [6, 6.07) is 5.96. The molecule has 0 radical (unpaired) electrons. The van der Waals surface area contributed by atoms with E-state index >= 15 is 0 Å². The molecule has 2 N–H and O–H groups in total. The molecule has 2 amide bonds. The fraction of sp³-hybridized carbons (Fsp3) is 0.462. The lowest BCUT2D eigenvalue weighted by atomic mass is 10.3. The van der Waals surface area contributed by atoms with E-state index in [9.17, 15) is 9.18 Å². The predicted octanol–water partition coefficient (Wildman–Crippen LogP) is 2.30. The minimum absolute atomic E-state index is 0.200. The van der Waals surface area contributed by atoms with Gasteiger partial charge in [-0.05, 0) is 18.6 Å². The van der Waals surface area contributed by atoms with Crippen molar-refractivity contribution in [2.24, 2.45) is 0 Å². The van der Waals surface area contributed by atoms with Gasteiger partial charge in [0.1, 0.15) is 6.61 Å². The highest BCUT2D eigenvalue weighted by molar-refractivity contribution is 5.73. The maximum atomic E-state index is 13.2. The van der Waals surface area contributed by atoms with E-state index < -0.39 is 5.82 Å². The van der Waals surface area contributed by atoms with E-state index in [0.29, 0.717) is 13.1 Å². The first-order valence-corrected chi connectivity index (χ1v) is 6.13. The number of unbranched alkanes of at least 4 members (excludes halogenated alkanes) is 1. The summed E-state index contributed by atoms with van der Waals surface area (Å²) >= 11 is 0. The molecule has 1 aromatic rings. The van der Waals surface area contributed by atoms with Crippen LogP contribution in [0.3, 0.4) is 0 Å². The third kappa shape index (κ3) is 5.52. The average Bonchev–Trinajstić information content (AvgIpc) is 2.37. The van der Waals surface area contributed by atoms with Crippen LogP contribution in [0, 0.1) is 5.82 Å². The second-order valence-corrected chi connectivity index (χ2v) is 3.82. The summed E-state index contributed by atoms with van der Waals surface area (Å²) in [5, 5.41) is 5.35. The summed E-state index contributed by atoms with van der Waals surface area (Å²) < 4.78 is 18.4. The van der Waals surface area contributed by atoms with Crippen LogP contribution in [-0.4, -0.2) is 25.7 Å². The number of hydrogen-bond donors (Lipinski definition) is 2. The number of urea groups is 1. The fourth-order valence-electron chi connectivity index (χ4n) is 1.33. The number of amides is 2. The Labute approximate surface area is 107 Å². The number of para-hydroxylation sites is 1. The molecule has 4 nitrogen and oxygen atoms in total. The molecule has 18 heavy (non-hydrogen) atoms. The van der Waals surface area contributed by atoms with Gasteiger partial charge < -0.3 is 15.4 Å². The van der Waals surface area contributed by atoms with E-state index in [-0.39, 0.29) is 18.4 Å². The molecule has 0 heterocycles. The molecule has 0 spiro atoms. The fourth-order valence-corrected chi connectivity index (χ4v) is 1.33. The van der Waals surface area contributed by atoms with Crippen LogP contribution in [0.15, 0.2) is 24.3 Å². The molecule has 100 valence electrons. The van der Waals surface area contributed by atoms with Gasteiger partial charge >= 0.3 is 6.03 Å². The van der Waals surface area contributed by atoms with Crippen molar-refractivity contribution in [3.05, 3.63) is 30.1 Å². The highest BCUT2D eigenvalue weighted by Crippen LogP contribution is 2.14. The monoisotopic (exact) mass is 254 g/mol. The summed E-state index contributed by atoms with van der Waals surface area (Å²) in [5.74, 6) is -0.199. The van der Waals surface area contributed by atoms with Crippen LogP contribution < -0.4 is 15.4 Å². The van der Waals surface area contributed by atoms with E-state index in [1.165, 1.54) is 6.07 Å². The maximum Gasteiger partial charge on any atom is 0.314 e. The molecule has 0 saturated heterocycles. The van der Waals surface area contributed by atoms with Crippen LogP contribution in [-0.2, 0) is 0 Å². The van der Waals surface area contributed by atoms with Gasteiger partial charge in [0.05, 0.1) is 6.54 Å². The average molecular weight is 254 g/mol. The van der Waals surface area contributed by atoms with E-state index in [0.717, 1.165) is 12.8 Å². The molecule has 0 atom stereocenters. The van der Waals surface area contributed by atoms with Crippen LogP contribution in [0.2, 0.25) is 0 Å². The van der Waals surface area contributed by atoms with Gasteiger partial charge in [0.15, 0.2) is 11.6 Å². The highest BCUT2D eigenvalue weighted by Gasteiger charge is 2.02. The number of hydrogen-bond acceptors (Lipinski definition) is 2. The summed E-state index contributed by atoms with van der Waals surface area (Å²) in [7, 11) is 0. The lowest BCUT2D eigenvalue weighted by molar-refractivity contribution is 0.235. The van der Waals surface area contributed by atoms with Crippen molar-refractivity contribution < 1.29 is 13.9 Å². The largest absolute Gasteiger partial charge is 0.489 e. The summed E-state index contributed by atoms with van der Waals surface area (Å²) in [6.45, 7) is 3.30. The smallest absolute Gasteiger partial charge is 0.314 e. The van der Waals surface area contributed by atoms with Gasteiger partial charge in [-0.25, -0.2) is 9.18 Å². The zero-order chi connectivity index (χ0) is 13.2. The minimum Gasteiger partial charge on any atom is -0.489 e. The Morgan fingerprint density at radius 2 is 2.00 bits per heavy atom. The van der Waals surface area contributed by atoms with Crippen LogP contribution >= 0.6 is 0 Å². The van der Waals surface area contributed by atoms with Crippen molar-refractivity contribution in [1.29, 1.82) is 0 Å². The molecule has 0 bridgehead atoms. The van der Waals surface area contributed by atoms with Crippen LogP contribution in [0.25, 0.3) is 0 Å². The Morgan fingerprint density at radius 1 is 1.28 bits per heavy atom. The molecule has 5 heteroatoms. The minimum atomic E-state index is -0.398. The number of rotatable bonds is 7. The molecule has 1 rings (SSSR count).